The Morgan fingerprint density at radius 1 is 1.33 bits per heavy atom. The molecular weight excluding hydrogens is 245 g/mol. The quantitative estimate of drug-likeness (QED) is 0.851. The van der Waals surface area contributed by atoms with Gasteiger partial charge in [0.2, 0.25) is 0 Å². The number of pyridine rings is 1. The maximum Gasteiger partial charge on any atom is 0.416 e. The molecule has 100 valence electrons. The highest BCUT2D eigenvalue weighted by molar-refractivity contribution is 5.27. The van der Waals surface area contributed by atoms with Gasteiger partial charge in [0.05, 0.1) is 11.2 Å². The van der Waals surface area contributed by atoms with Gasteiger partial charge in [0.15, 0.2) is 0 Å². The standard InChI is InChI=1S/C12H15F3N2O/c13-12(14,15)10-1-4-17-8-9(10)7-11(18)2-5-16-6-3-11/h1,4,8,16,18H,2-3,5-7H2. The monoisotopic (exact) mass is 260 g/mol. The second-order valence-corrected chi connectivity index (χ2v) is 4.68. The van der Waals surface area contributed by atoms with Crippen molar-refractivity contribution in [1.29, 1.82) is 0 Å². The molecule has 0 aromatic carbocycles. The number of hydrogen-bond donors (Lipinski definition) is 2. The van der Waals surface area contributed by atoms with Crippen molar-refractivity contribution in [2.75, 3.05) is 13.1 Å². The first kappa shape index (κ1) is 13.3. The fourth-order valence-electron chi connectivity index (χ4n) is 2.27. The summed E-state index contributed by atoms with van der Waals surface area (Å²) >= 11 is 0. The van der Waals surface area contributed by atoms with Gasteiger partial charge in [-0.25, -0.2) is 0 Å². The first-order valence-corrected chi connectivity index (χ1v) is 5.84. The van der Waals surface area contributed by atoms with E-state index in [4.69, 9.17) is 0 Å². The summed E-state index contributed by atoms with van der Waals surface area (Å²) < 4.78 is 38.4. The Balaban J connectivity index is 2.23. The van der Waals surface area contributed by atoms with Crippen molar-refractivity contribution in [3.63, 3.8) is 0 Å². The smallest absolute Gasteiger partial charge is 0.389 e. The zero-order valence-corrected chi connectivity index (χ0v) is 9.80. The molecule has 2 N–H and O–H groups in total. The van der Waals surface area contributed by atoms with Crippen LogP contribution in [0.1, 0.15) is 24.0 Å². The van der Waals surface area contributed by atoms with Gasteiger partial charge in [-0.05, 0) is 37.6 Å². The topological polar surface area (TPSA) is 45.2 Å². The van der Waals surface area contributed by atoms with Crippen LogP contribution in [0.4, 0.5) is 13.2 Å². The predicted molar refractivity (Wildman–Crippen MR) is 60.0 cm³/mol. The van der Waals surface area contributed by atoms with Gasteiger partial charge in [0.25, 0.3) is 0 Å². The van der Waals surface area contributed by atoms with Gasteiger partial charge in [0.1, 0.15) is 0 Å². The van der Waals surface area contributed by atoms with E-state index in [9.17, 15) is 18.3 Å². The normalized spacial score (nSPS) is 19.8. The molecular formula is C12H15F3N2O. The van der Waals surface area contributed by atoms with Crippen LogP contribution in [-0.4, -0.2) is 28.8 Å². The van der Waals surface area contributed by atoms with Gasteiger partial charge in [-0.3, -0.25) is 4.98 Å². The lowest BCUT2D eigenvalue weighted by atomic mass is 9.85. The van der Waals surface area contributed by atoms with E-state index in [1.807, 2.05) is 0 Å². The zero-order valence-electron chi connectivity index (χ0n) is 9.80. The summed E-state index contributed by atoms with van der Waals surface area (Å²) in [5.41, 5.74) is -1.70. The summed E-state index contributed by atoms with van der Waals surface area (Å²) in [4.78, 5) is 3.73. The molecule has 0 bridgehead atoms. The van der Waals surface area contributed by atoms with Crippen molar-refractivity contribution in [2.45, 2.75) is 31.0 Å². The van der Waals surface area contributed by atoms with Crippen LogP contribution in [0.15, 0.2) is 18.5 Å². The maximum absolute atomic E-state index is 12.8. The van der Waals surface area contributed by atoms with Crippen molar-refractivity contribution < 1.29 is 18.3 Å². The molecule has 2 heterocycles. The summed E-state index contributed by atoms with van der Waals surface area (Å²) in [5, 5.41) is 13.4. The second-order valence-electron chi connectivity index (χ2n) is 4.68. The summed E-state index contributed by atoms with van der Waals surface area (Å²) in [5.74, 6) is 0. The van der Waals surface area contributed by atoms with Crippen LogP contribution in [0.2, 0.25) is 0 Å². The molecule has 0 amide bonds. The predicted octanol–water partition coefficient (Wildman–Crippen LogP) is 1.76. The Morgan fingerprint density at radius 3 is 2.61 bits per heavy atom. The molecule has 2 rings (SSSR count). The number of halogens is 3. The Morgan fingerprint density at radius 2 is 2.00 bits per heavy atom. The van der Waals surface area contributed by atoms with Crippen molar-refractivity contribution >= 4 is 0 Å². The lowest BCUT2D eigenvalue weighted by Crippen LogP contribution is -2.43. The Labute approximate surface area is 103 Å². The third-order valence-corrected chi connectivity index (χ3v) is 3.26. The molecule has 1 fully saturated rings. The number of rotatable bonds is 2. The average molecular weight is 260 g/mol. The fraction of sp³-hybridized carbons (Fsp3) is 0.583. The molecule has 0 aliphatic carbocycles. The van der Waals surface area contributed by atoms with Crippen LogP contribution in [0.25, 0.3) is 0 Å². The van der Waals surface area contributed by atoms with Gasteiger partial charge in [-0.1, -0.05) is 0 Å². The van der Waals surface area contributed by atoms with E-state index in [1.54, 1.807) is 0 Å². The SMILES string of the molecule is OC1(Cc2cnccc2C(F)(F)F)CCNCC1. The van der Waals surface area contributed by atoms with Crippen LogP contribution in [0.5, 0.6) is 0 Å². The molecule has 6 heteroatoms. The van der Waals surface area contributed by atoms with E-state index < -0.39 is 17.3 Å². The number of aliphatic hydroxyl groups is 1. The summed E-state index contributed by atoms with van der Waals surface area (Å²) in [6.07, 6.45) is -1.17. The van der Waals surface area contributed by atoms with Gasteiger partial charge >= 0.3 is 6.18 Å². The first-order chi connectivity index (χ1) is 8.41. The lowest BCUT2D eigenvalue weighted by Gasteiger charge is -2.33. The van der Waals surface area contributed by atoms with E-state index in [2.05, 4.69) is 10.3 Å². The minimum absolute atomic E-state index is 0.00262. The fourth-order valence-corrected chi connectivity index (χ4v) is 2.27. The molecule has 0 saturated carbocycles. The van der Waals surface area contributed by atoms with Crippen molar-refractivity contribution in [3.8, 4) is 0 Å². The van der Waals surface area contributed by atoms with Crippen LogP contribution in [0.3, 0.4) is 0 Å². The van der Waals surface area contributed by atoms with Gasteiger partial charge < -0.3 is 10.4 Å². The number of aromatic nitrogens is 1. The minimum atomic E-state index is -4.40. The van der Waals surface area contributed by atoms with Crippen molar-refractivity contribution in [3.05, 3.63) is 29.6 Å². The lowest BCUT2D eigenvalue weighted by molar-refractivity contribution is -0.138. The molecule has 1 aliphatic heterocycles. The van der Waals surface area contributed by atoms with E-state index in [0.29, 0.717) is 25.9 Å². The highest BCUT2D eigenvalue weighted by Crippen LogP contribution is 2.34. The molecule has 18 heavy (non-hydrogen) atoms. The van der Waals surface area contributed by atoms with Gasteiger partial charge in [-0.15, -0.1) is 0 Å². The largest absolute Gasteiger partial charge is 0.416 e. The number of piperidine rings is 1. The molecule has 3 nitrogen and oxygen atoms in total. The molecule has 0 spiro atoms. The Kier molecular flexibility index (Phi) is 3.59. The summed E-state index contributed by atoms with van der Waals surface area (Å²) in [6, 6.07) is 0.958. The third-order valence-electron chi connectivity index (χ3n) is 3.26. The Bertz CT molecular complexity index is 414. The van der Waals surface area contributed by atoms with Crippen LogP contribution in [-0.2, 0) is 12.6 Å². The zero-order chi connectivity index (χ0) is 13.2. The average Bonchev–Trinajstić information content (AvgIpc) is 2.28. The van der Waals surface area contributed by atoms with Gasteiger partial charge in [0, 0.05) is 18.8 Å². The van der Waals surface area contributed by atoms with Crippen molar-refractivity contribution in [2.24, 2.45) is 0 Å². The van der Waals surface area contributed by atoms with Crippen molar-refractivity contribution in [1.82, 2.24) is 10.3 Å². The van der Waals surface area contributed by atoms with E-state index >= 15 is 0 Å². The number of nitrogens with zero attached hydrogens (tertiary/aromatic N) is 1. The summed E-state index contributed by atoms with van der Waals surface area (Å²) in [6.45, 7) is 1.25. The van der Waals surface area contributed by atoms with E-state index in [0.717, 1.165) is 12.3 Å². The number of nitrogens with one attached hydrogen (secondary N) is 1. The van der Waals surface area contributed by atoms with Crippen LogP contribution in [0, 0.1) is 0 Å². The first-order valence-electron chi connectivity index (χ1n) is 5.84. The second kappa shape index (κ2) is 4.85. The molecule has 1 aromatic rings. The molecule has 0 radical (unpaired) electrons. The van der Waals surface area contributed by atoms with E-state index in [-0.39, 0.29) is 12.0 Å². The highest BCUT2D eigenvalue weighted by atomic mass is 19.4. The third kappa shape index (κ3) is 3.00. The Hall–Kier alpha value is -1.14. The molecule has 0 atom stereocenters. The highest BCUT2D eigenvalue weighted by Gasteiger charge is 2.37. The van der Waals surface area contributed by atoms with E-state index in [1.165, 1.54) is 6.20 Å². The maximum atomic E-state index is 12.8. The molecule has 1 saturated heterocycles. The molecule has 1 aromatic heterocycles. The van der Waals surface area contributed by atoms with Crippen LogP contribution >= 0.6 is 0 Å². The molecule has 1 aliphatic rings. The molecule has 0 unspecified atom stereocenters. The number of hydrogen-bond acceptors (Lipinski definition) is 3. The minimum Gasteiger partial charge on any atom is -0.389 e. The summed E-state index contributed by atoms with van der Waals surface area (Å²) in [7, 11) is 0. The van der Waals surface area contributed by atoms with Gasteiger partial charge in [-0.2, -0.15) is 13.2 Å². The van der Waals surface area contributed by atoms with Crippen LogP contribution < -0.4 is 5.32 Å². The number of alkyl halides is 3.